The van der Waals surface area contributed by atoms with Crippen LogP contribution in [-0.2, 0) is 11.3 Å². The Morgan fingerprint density at radius 2 is 1.72 bits per heavy atom. The molecule has 2 aromatic rings. The molecule has 0 aliphatic heterocycles. The molecule has 2 amide bonds. The monoisotopic (exact) mass is 405 g/mol. The zero-order valence-electron chi connectivity index (χ0n) is 15.6. The lowest BCUT2D eigenvalue weighted by atomic mass is 9.93. The van der Waals surface area contributed by atoms with Crippen molar-refractivity contribution >= 4 is 17.4 Å². The summed E-state index contributed by atoms with van der Waals surface area (Å²) in [6.45, 7) is -0.139. The molecule has 0 aromatic heterocycles. The highest BCUT2D eigenvalue weighted by Gasteiger charge is 2.24. The number of anilines is 1. The van der Waals surface area contributed by atoms with Gasteiger partial charge in [0, 0.05) is 17.7 Å². The van der Waals surface area contributed by atoms with Crippen molar-refractivity contribution in [2.24, 2.45) is 0 Å². The summed E-state index contributed by atoms with van der Waals surface area (Å²) in [5, 5.41) is 16.3. The summed E-state index contributed by atoms with van der Waals surface area (Å²) in [5.41, 5.74) is -0.143. The van der Waals surface area contributed by atoms with Crippen LogP contribution in [0.25, 0.3) is 0 Å². The van der Waals surface area contributed by atoms with Crippen molar-refractivity contribution in [2.75, 3.05) is 5.32 Å². The molecule has 3 rings (SSSR count). The molecule has 1 aliphatic rings. The van der Waals surface area contributed by atoms with Gasteiger partial charge < -0.3 is 15.4 Å². The smallest absolute Gasteiger partial charge is 0.319 e. The largest absolute Gasteiger partial charge is 0.373 e. The van der Waals surface area contributed by atoms with Crippen molar-refractivity contribution in [3.05, 3.63) is 69.8 Å². The van der Waals surface area contributed by atoms with Crippen LogP contribution in [-0.4, -0.2) is 23.1 Å². The maximum absolute atomic E-state index is 13.7. The minimum absolute atomic E-state index is 0.0865. The number of nitro groups is 1. The molecule has 0 bridgehead atoms. The Morgan fingerprint density at radius 1 is 1.07 bits per heavy atom. The number of nitrogens with zero attached hydrogens (tertiary/aromatic N) is 1. The average Bonchev–Trinajstić information content (AvgIpc) is 2.69. The van der Waals surface area contributed by atoms with Gasteiger partial charge in [-0.3, -0.25) is 10.1 Å². The molecule has 0 spiro atoms. The summed E-state index contributed by atoms with van der Waals surface area (Å²) >= 11 is 0. The molecule has 0 heterocycles. The number of para-hydroxylation sites is 2. The second kappa shape index (κ2) is 9.42. The third kappa shape index (κ3) is 5.47. The molecular weight excluding hydrogens is 384 g/mol. The van der Waals surface area contributed by atoms with Gasteiger partial charge >= 0.3 is 6.03 Å². The Balaban J connectivity index is 1.45. The maximum atomic E-state index is 13.7. The lowest BCUT2D eigenvalue weighted by Gasteiger charge is -2.29. The Kier molecular flexibility index (Phi) is 6.71. The van der Waals surface area contributed by atoms with Crippen molar-refractivity contribution in [1.29, 1.82) is 0 Å². The number of ether oxygens (including phenoxy) is 1. The van der Waals surface area contributed by atoms with E-state index in [1.807, 2.05) is 0 Å². The lowest BCUT2D eigenvalue weighted by molar-refractivity contribution is -0.383. The van der Waals surface area contributed by atoms with E-state index in [0.29, 0.717) is 25.7 Å². The number of nitrogens with one attached hydrogen (secondary N) is 2. The van der Waals surface area contributed by atoms with Gasteiger partial charge in [-0.2, -0.15) is 0 Å². The fraction of sp³-hybridized carbons (Fsp3) is 0.350. The van der Waals surface area contributed by atoms with Gasteiger partial charge in [0.25, 0.3) is 5.69 Å². The fourth-order valence-corrected chi connectivity index (χ4v) is 3.33. The standard InChI is InChI=1S/C20H21F2N3O4/c21-16-4-3-5-17(22)15(16)12-29-14-10-8-13(9-11-14)23-20(26)24-18-6-1-2-7-19(18)25(27)28/h1-7,13-14H,8-12H2,(H2,23,24,26). The Morgan fingerprint density at radius 3 is 2.38 bits per heavy atom. The van der Waals surface area contributed by atoms with Crippen molar-refractivity contribution in [2.45, 2.75) is 44.4 Å². The summed E-state index contributed by atoms with van der Waals surface area (Å²) in [5.74, 6) is -1.26. The topological polar surface area (TPSA) is 93.5 Å². The zero-order chi connectivity index (χ0) is 20.8. The van der Waals surface area contributed by atoms with Crippen LogP contribution in [0.4, 0.5) is 25.0 Å². The van der Waals surface area contributed by atoms with E-state index >= 15 is 0 Å². The quantitative estimate of drug-likeness (QED) is 0.546. The Hall–Kier alpha value is -3.07. The third-order valence-electron chi connectivity index (χ3n) is 4.88. The third-order valence-corrected chi connectivity index (χ3v) is 4.88. The van der Waals surface area contributed by atoms with Crippen molar-refractivity contribution in [3.8, 4) is 0 Å². The number of nitro benzene ring substituents is 1. The lowest BCUT2D eigenvalue weighted by Crippen LogP contribution is -2.41. The predicted octanol–water partition coefficient (Wildman–Crippen LogP) is 4.52. The zero-order valence-corrected chi connectivity index (χ0v) is 15.6. The van der Waals surface area contributed by atoms with Crippen LogP contribution in [0.2, 0.25) is 0 Å². The molecule has 1 saturated carbocycles. The molecular formula is C20H21F2N3O4. The summed E-state index contributed by atoms with van der Waals surface area (Å²) in [4.78, 5) is 22.6. The Bertz CT molecular complexity index is 866. The molecule has 0 saturated heterocycles. The highest BCUT2D eigenvalue weighted by Crippen LogP contribution is 2.25. The molecule has 154 valence electrons. The maximum Gasteiger partial charge on any atom is 0.319 e. The van der Waals surface area contributed by atoms with Gasteiger partial charge in [0.15, 0.2) is 0 Å². The van der Waals surface area contributed by atoms with E-state index in [-0.39, 0.29) is 35.7 Å². The van der Waals surface area contributed by atoms with Crippen LogP contribution < -0.4 is 10.6 Å². The fourth-order valence-electron chi connectivity index (χ4n) is 3.33. The van der Waals surface area contributed by atoms with E-state index < -0.39 is 22.6 Å². The summed E-state index contributed by atoms with van der Waals surface area (Å²) < 4.78 is 32.9. The number of urea groups is 1. The molecule has 0 unspecified atom stereocenters. The number of amides is 2. The molecule has 0 radical (unpaired) electrons. The average molecular weight is 405 g/mol. The number of hydrogen-bond acceptors (Lipinski definition) is 4. The van der Waals surface area contributed by atoms with Crippen molar-refractivity contribution in [3.63, 3.8) is 0 Å². The SMILES string of the molecule is O=C(Nc1ccccc1[N+](=O)[O-])NC1CCC(OCc2c(F)cccc2F)CC1. The first kappa shape index (κ1) is 20.7. The Labute approximate surface area is 166 Å². The normalized spacial score (nSPS) is 18.8. The van der Waals surface area contributed by atoms with Crippen molar-refractivity contribution in [1.82, 2.24) is 5.32 Å². The van der Waals surface area contributed by atoms with Crippen LogP contribution in [0.5, 0.6) is 0 Å². The van der Waals surface area contributed by atoms with E-state index in [9.17, 15) is 23.7 Å². The molecule has 9 heteroatoms. The molecule has 29 heavy (non-hydrogen) atoms. The van der Waals surface area contributed by atoms with E-state index in [2.05, 4.69) is 10.6 Å². The molecule has 0 atom stereocenters. The van der Waals surface area contributed by atoms with Gasteiger partial charge in [0.1, 0.15) is 17.3 Å². The molecule has 2 aromatic carbocycles. The van der Waals surface area contributed by atoms with Crippen LogP contribution in [0.3, 0.4) is 0 Å². The van der Waals surface area contributed by atoms with Crippen LogP contribution in [0, 0.1) is 21.7 Å². The van der Waals surface area contributed by atoms with E-state index in [0.717, 1.165) is 0 Å². The number of rotatable bonds is 6. The number of carbonyl (C=O) groups excluding carboxylic acids is 1. The van der Waals surface area contributed by atoms with Crippen LogP contribution in [0.15, 0.2) is 42.5 Å². The van der Waals surface area contributed by atoms with Gasteiger partial charge in [-0.25, -0.2) is 13.6 Å². The van der Waals surface area contributed by atoms with Gasteiger partial charge in [-0.05, 0) is 43.9 Å². The van der Waals surface area contributed by atoms with Crippen molar-refractivity contribution < 1.29 is 23.2 Å². The second-order valence-corrected chi connectivity index (χ2v) is 6.86. The van der Waals surface area contributed by atoms with E-state index in [1.54, 1.807) is 6.07 Å². The highest BCUT2D eigenvalue weighted by atomic mass is 19.1. The molecule has 7 nitrogen and oxygen atoms in total. The molecule has 1 aliphatic carbocycles. The van der Waals surface area contributed by atoms with Gasteiger partial charge in [0.05, 0.1) is 17.6 Å². The first-order chi connectivity index (χ1) is 13.9. The minimum Gasteiger partial charge on any atom is -0.373 e. The van der Waals surface area contributed by atoms with Gasteiger partial charge in [0.2, 0.25) is 0 Å². The summed E-state index contributed by atoms with van der Waals surface area (Å²) in [7, 11) is 0. The minimum atomic E-state index is -0.632. The van der Waals surface area contributed by atoms with Crippen LogP contribution in [0.1, 0.15) is 31.2 Å². The predicted molar refractivity (Wildman–Crippen MR) is 102 cm³/mol. The first-order valence-electron chi connectivity index (χ1n) is 9.29. The summed E-state index contributed by atoms with van der Waals surface area (Å²) in [6.07, 6.45) is 2.38. The van der Waals surface area contributed by atoms with Gasteiger partial charge in [-0.1, -0.05) is 18.2 Å². The molecule has 2 N–H and O–H groups in total. The molecule has 1 fully saturated rings. The van der Waals surface area contributed by atoms with E-state index in [1.165, 1.54) is 36.4 Å². The number of benzene rings is 2. The first-order valence-corrected chi connectivity index (χ1v) is 9.29. The number of carbonyl (C=O) groups is 1. The van der Waals surface area contributed by atoms with Gasteiger partial charge in [-0.15, -0.1) is 0 Å². The number of hydrogen-bond donors (Lipinski definition) is 2. The van der Waals surface area contributed by atoms with E-state index in [4.69, 9.17) is 4.74 Å². The second-order valence-electron chi connectivity index (χ2n) is 6.86. The summed E-state index contributed by atoms with van der Waals surface area (Å²) in [6, 6.07) is 8.97. The highest BCUT2D eigenvalue weighted by molar-refractivity contribution is 5.91. The number of halogens is 2. The van der Waals surface area contributed by atoms with Crippen LogP contribution >= 0.6 is 0 Å².